The molecule has 0 amide bonds. The molecule has 0 aliphatic heterocycles. The van der Waals surface area contributed by atoms with Crippen LogP contribution in [-0.4, -0.2) is 26.1 Å². The van der Waals surface area contributed by atoms with Gasteiger partial charge in [0.15, 0.2) is 0 Å². The van der Waals surface area contributed by atoms with E-state index < -0.39 is 0 Å². The first kappa shape index (κ1) is 9.07. The molecular weight excluding hydrogens is 150 g/mol. The van der Waals surface area contributed by atoms with Gasteiger partial charge in [-0.05, 0) is 43.9 Å². The molecule has 2 nitrogen and oxygen atoms in total. The van der Waals surface area contributed by atoms with Gasteiger partial charge >= 0.3 is 0 Å². The summed E-state index contributed by atoms with van der Waals surface area (Å²) < 4.78 is 5.09. The van der Waals surface area contributed by atoms with Crippen molar-refractivity contribution in [1.82, 2.24) is 4.90 Å². The fraction of sp³-hybridized carbons (Fsp3) is 0.400. The highest BCUT2D eigenvalue weighted by Gasteiger charge is 1.96. The molecule has 12 heavy (non-hydrogen) atoms. The Balaban J connectivity index is 2.72. The van der Waals surface area contributed by atoms with E-state index in [0.29, 0.717) is 0 Å². The van der Waals surface area contributed by atoms with Gasteiger partial charge in [0.2, 0.25) is 0 Å². The van der Waals surface area contributed by atoms with Crippen molar-refractivity contribution in [3.05, 3.63) is 29.8 Å². The normalized spacial score (nSPS) is 10.3. The van der Waals surface area contributed by atoms with Gasteiger partial charge in [0.25, 0.3) is 0 Å². The zero-order chi connectivity index (χ0) is 8.97. The maximum Gasteiger partial charge on any atom is 0.119 e. The van der Waals surface area contributed by atoms with Crippen molar-refractivity contribution in [2.75, 3.05) is 21.2 Å². The summed E-state index contributed by atoms with van der Waals surface area (Å²) in [4.78, 5) is 2.11. The molecule has 1 aromatic rings. The maximum absolute atomic E-state index is 5.09. The average Bonchev–Trinajstić information content (AvgIpc) is 2.03. The molecular formula is C10H14NO. The first-order valence-corrected chi connectivity index (χ1v) is 3.91. The summed E-state index contributed by atoms with van der Waals surface area (Å²) in [5, 5.41) is 0. The SMILES string of the molecule is COc1c[c]cc(CN(C)C)c1. The summed E-state index contributed by atoms with van der Waals surface area (Å²) >= 11 is 0. The second-order valence-electron chi connectivity index (χ2n) is 3.02. The van der Waals surface area contributed by atoms with Gasteiger partial charge in [-0.3, -0.25) is 0 Å². The van der Waals surface area contributed by atoms with Crippen LogP contribution in [0.4, 0.5) is 0 Å². The van der Waals surface area contributed by atoms with E-state index in [4.69, 9.17) is 4.74 Å². The van der Waals surface area contributed by atoms with E-state index in [0.717, 1.165) is 12.3 Å². The van der Waals surface area contributed by atoms with Crippen molar-refractivity contribution < 1.29 is 4.74 Å². The molecule has 0 heterocycles. The third-order valence-electron chi connectivity index (χ3n) is 1.56. The summed E-state index contributed by atoms with van der Waals surface area (Å²) in [6.45, 7) is 0.924. The Morgan fingerprint density at radius 3 is 2.75 bits per heavy atom. The lowest BCUT2D eigenvalue weighted by Gasteiger charge is -2.09. The van der Waals surface area contributed by atoms with Crippen molar-refractivity contribution in [3.63, 3.8) is 0 Å². The first-order valence-electron chi connectivity index (χ1n) is 3.91. The molecule has 0 aliphatic carbocycles. The van der Waals surface area contributed by atoms with Crippen molar-refractivity contribution in [1.29, 1.82) is 0 Å². The smallest absolute Gasteiger partial charge is 0.119 e. The highest BCUT2D eigenvalue weighted by Crippen LogP contribution is 2.12. The molecule has 0 N–H and O–H groups in total. The number of rotatable bonds is 3. The third kappa shape index (κ3) is 2.55. The van der Waals surface area contributed by atoms with Crippen molar-refractivity contribution in [3.8, 4) is 5.75 Å². The van der Waals surface area contributed by atoms with Crippen LogP contribution in [0.2, 0.25) is 0 Å². The molecule has 1 aromatic carbocycles. The van der Waals surface area contributed by atoms with E-state index in [1.165, 1.54) is 5.56 Å². The van der Waals surface area contributed by atoms with Crippen LogP contribution in [0.25, 0.3) is 0 Å². The fourth-order valence-corrected chi connectivity index (χ4v) is 1.07. The molecule has 0 unspecified atom stereocenters. The summed E-state index contributed by atoms with van der Waals surface area (Å²) in [6.07, 6.45) is 0. The summed E-state index contributed by atoms with van der Waals surface area (Å²) in [5.74, 6) is 0.870. The Bertz CT molecular complexity index is 245. The number of benzene rings is 1. The van der Waals surface area contributed by atoms with Crippen LogP contribution in [0, 0.1) is 6.07 Å². The molecule has 0 saturated heterocycles. The maximum atomic E-state index is 5.09. The number of methoxy groups -OCH3 is 1. The van der Waals surface area contributed by atoms with Crippen LogP contribution < -0.4 is 4.74 Å². The summed E-state index contributed by atoms with van der Waals surface area (Å²) in [7, 11) is 5.75. The number of hydrogen-bond donors (Lipinski definition) is 0. The van der Waals surface area contributed by atoms with E-state index in [-0.39, 0.29) is 0 Å². The zero-order valence-corrected chi connectivity index (χ0v) is 7.79. The second-order valence-corrected chi connectivity index (χ2v) is 3.02. The quantitative estimate of drug-likeness (QED) is 0.672. The van der Waals surface area contributed by atoms with E-state index in [2.05, 4.69) is 11.0 Å². The Kier molecular flexibility index (Phi) is 3.11. The Labute approximate surface area is 73.8 Å². The van der Waals surface area contributed by atoms with E-state index in [1.54, 1.807) is 7.11 Å². The molecule has 0 spiro atoms. The number of ether oxygens (including phenoxy) is 1. The van der Waals surface area contributed by atoms with E-state index in [1.807, 2.05) is 32.3 Å². The molecule has 65 valence electrons. The lowest BCUT2D eigenvalue weighted by atomic mass is 10.2. The average molecular weight is 164 g/mol. The highest BCUT2D eigenvalue weighted by molar-refractivity contribution is 5.27. The Morgan fingerprint density at radius 1 is 1.42 bits per heavy atom. The lowest BCUT2D eigenvalue weighted by Crippen LogP contribution is -2.10. The highest BCUT2D eigenvalue weighted by atomic mass is 16.5. The van der Waals surface area contributed by atoms with Gasteiger partial charge in [-0.2, -0.15) is 0 Å². The molecule has 0 fully saturated rings. The third-order valence-corrected chi connectivity index (χ3v) is 1.56. The fourth-order valence-electron chi connectivity index (χ4n) is 1.07. The topological polar surface area (TPSA) is 12.5 Å². The standard InChI is InChI=1S/C10H14NO/c1-11(2)8-9-5-4-6-10(7-9)12-3/h5-7H,8H2,1-3H3. The molecule has 0 aromatic heterocycles. The number of nitrogens with zero attached hydrogens (tertiary/aromatic N) is 1. The summed E-state index contributed by atoms with van der Waals surface area (Å²) in [5.41, 5.74) is 1.22. The van der Waals surface area contributed by atoms with Gasteiger partial charge in [0, 0.05) is 6.54 Å². The molecule has 1 rings (SSSR count). The van der Waals surface area contributed by atoms with Crippen LogP contribution in [0.15, 0.2) is 18.2 Å². The van der Waals surface area contributed by atoms with Crippen molar-refractivity contribution in [2.24, 2.45) is 0 Å². The predicted molar refractivity (Wildman–Crippen MR) is 49.2 cm³/mol. The van der Waals surface area contributed by atoms with Gasteiger partial charge in [0.1, 0.15) is 5.75 Å². The largest absolute Gasteiger partial charge is 0.497 e. The van der Waals surface area contributed by atoms with Gasteiger partial charge in [0.05, 0.1) is 7.11 Å². The van der Waals surface area contributed by atoms with Crippen LogP contribution in [-0.2, 0) is 6.54 Å². The molecule has 0 bridgehead atoms. The van der Waals surface area contributed by atoms with Crippen LogP contribution in [0.1, 0.15) is 5.56 Å². The van der Waals surface area contributed by atoms with Gasteiger partial charge in [-0.25, -0.2) is 0 Å². The first-order chi connectivity index (χ1) is 5.72. The second kappa shape index (κ2) is 4.12. The zero-order valence-electron chi connectivity index (χ0n) is 7.79. The monoisotopic (exact) mass is 164 g/mol. The molecule has 0 atom stereocenters. The molecule has 0 aliphatic rings. The van der Waals surface area contributed by atoms with Crippen molar-refractivity contribution in [2.45, 2.75) is 6.54 Å². The molecule has 2 heteroatoms. The molecule has 0 saturated carbocycles. The van der Waals surface area contributed by atoms with Gasteiger partial charge < -0.3 is 9.64 Å². The van der Waals surface area contributed by atoms with E-state index >= 15 is 0 Å². The van der Waals surface area contributed by atoms with Crippen molar-refractivity contribution >= 4 is 0 Å². The van der Waals surface area contributed by atoms with Crippen LogP contribution in [0.3, 0.4) is 0 Å². The van der Waals surface area contributed by atoms with Gasteiger partial charge in [-0.1, -0.05) is 0 Å². The lowest BCUT2D eigenvalue weighted by molar-refractivity contribution is 0.395. The predicted octanol–water partition coefficient (Wildman–Crippen LogP) is 1.56. The molecule has 1 radical (unpaired) electrons. The van der Waals surface area contributed by atoms with E-state index in [9.17, 15) is 0 Å². The minimum Gasteiger partial charge on any atom is -0.497 e. The minimum atomic E-state index is 0.870. The Hall–Kier alpha value is -1.02. The van der Waals surface area contributed by atoms with Crippen LogP contribution in [0.5, 0.6) is 5.75 Å². The Morgan fingerprint density at radius 2 is 2.17 bits per heavy atom. The van der Waals surface area contributed by atoms with Gasteiger partial charge in [-0.15, -0.1) is 0 Å². The minimum absolute atomic E-state index is 0.870. The summed E-state index contributed by atoms with van der Waals surface area (Å²) in [6, 6.07) is 8.87. The number of hydrogen-bond acceptors (Lipinski definition) is 2. The van der Waals surface area contributed by atoms with Crippen LogP contribution >= 0.6 is 0 Å².